The van der Waals surface area contributed by atoms with E-state index in [0.29, 0.717) is 19.6 Å². The van der Waals surface area contributed by atoms with Gasteiger partial charge in [0.1, 0.15) is 0 Å². The standard InChI is InChI=1S/C19H19F3N4O2.ClH/c20-19(21,22)15-6-2-1-5-14(15)18(28)25-12-17(27)26-9-8-24-11-16(26)13-4-3-7-23-10-13;/h1-7,10,16,24H,8-9,11-12H2,(H,25,28);1H. The van der Waals surface area contributed by atoms with Gasteiger partial charge in [0.25, 0.3) is 5.91 Å². The Labute approximate surface area is 171 Å². The monoisotopic (exact) mass is 428 g/mol. The van der Waals surface area contributed by atoms with E-state index in [0.717, 1.165) is 17.7 Å². The SMILES string of the molecule is Cl.O=C(NCC(=O)N1CCNCC1c1cccnc1)c1ccccc1C(F)(F)F. The van der Waals surface area contributed by atoms with Crippen LogP contribution in [0.25, 0.3) is 0 Å². The molecule has 2 amide bonds. The molecule has 2 N–H and O–H groups in total. The van der Waals surface area contributed by atoms with Crippen LogP contribution in [0, 0.1) is 0 Å². The van der Waals surface area contributed by atoms with E-state index in [2.05, 4.69) is 15.6 Å². The third-order valence-corrected chi connectivity index (χ3v) is 4.51. The minimum atomic E-state index is -4.65. The molecular formula is C19H20ClF3N4O2. The Kier molecular flexibility index (Phi) is 7.58. The molecule has 1 aliphatic rings. The second kappa shape index (κ2) is 9.71. The Morgan fingerprint density at radius 3 is 2.66 bits per heavy atom. The molecule has 0 saturated carbocycles. The van der Waals surface area contributed by atoms with E-state index >= 15 is 0 Å². The van der Waals surface area contributed by atoms with Gasteiger partial charge in [0.05, 0.1) is 23.7 Å². The average Bonchev–Trinajstić information content (AvgIpc) is 2.71. The van der Waals surface area contributed by atoms with Crippen LogP contribution in [-0.4, -0.2) is 47.9 Å². The number of nitrogens with one attached hydrogen (secondary N) is 2. The highest BCUT2D eigenvalue weighted by Crippen LogP contribution is 2.31. The number of carbonyl (C=O) groups is 2. The summed E-state index contributed by atoms with van der Waals surface area (Å²) < 4.78 is 39.2. The minimum Gasteiger partial charge on any atom is -0.343 e. The van der Waals surface area contributed by atoms with Crippen LogP contribution in [-0.2, 0) is 11.0 Å². The summed E-state index contributed by atoms with van der Waals surface area (Å²) in [6.07, 6.45) is -1.36. The quantitative estimate of drug-likeness (QED) is 0.784. The Morgan fingerprint density at radius 1 is 1.21 bits per heavy atom. The number of alkyl halides is 3. The lowest BCUT2D eigenvalue weighted by molar-refractivity contribution is -0.137. The van der Waals surface area contributed by atoms with Gasteiger partial charge in [-0.15, -0.1) is 12.4 Å². The van der Waals surface area contributed by atoms with Crippen molar-refractivity contribution in [3.05, 3.63) is 65.5 Å². The maximum atomic E-state index is 13.1. The lowest BCUT2D eigenvalue weighted by atomic mass is 10.0. The number of hydrogen-bond donors (Lipinski definition) is 2. The van der Waals surface area contributed by atoms with Gasteiger partial charge in [-0.25, -0.2) is 0 Å². The van der Waals surface area contributed by atoms with Crippen LogP contribution in [0.3, 0.4) is 0 Å². The highest BCUT2D eigenvalue weighted by atomic mass is 35.5. The van der Waals surface area contributed by atoms with Gasteiger partial charge >= 0.3 is 6.18 Å². The van der Waals surface area contributed by atoms with Crippen LogP contribution in [0.1, 0.15) is 27.5 Å². The third-order valence-electron chi connectivity index (χ3n) is 4.51. The van der Waals surface area contributed by atoms with Crippen LogP contribution in [0.4, 0.5) is 13.2 Å². The molecule has 10 heteroatoms. The van der Waals surface area contributed by atoms with E-state index in [4.69, 9.17) is 0 Å². The average molecular weight is 429 g/mol. The lowest BCUT2D eigenvalue weighted by Gasteiger charge is -2.36. The van der Waals surface area contributed by atoms with Crippen molar-refractivity contribution in [3.63, 3.8) is 0 Å². The molecular weight excluding hydrogens is 409 g/mol. The summed E-state index contributed by atoms with van der Waals surface area (Å²) >= 11 is 0. The molecule has 29 heavy (non-hydrogen) atoms. The van der Waals surface area contributed by atoms with Crippen LogP contribution in [0.15, 0.2) is 48.8 Å². The van der Waals surface area contributed by atoms with E-state index in [9.17, 15) is 22.8 Å². The topological polar surface area (TPSA) is 74.3 Å². The van der Waals surface area contributed by atoms with Crippen molar-refractivity contribution in [1.29, 1.82) is 0 Å². The number of hydrogen-bond acceptors (Lipinski definition) is 4. The van der Waals surface area contributed by atoms with Gasteiger partial charge in [-0.3, -0.25) is 14.6 Å². The molecule has 1 aromatic carbocycles. The van der Waals surface area contributed by atoms with Gasteiger partial charge < -0.3 is 15.5 Å². The van der Waals surface area contributed by atoms with Crippen LogP contribution in [0.2, 0.25) is 0 Å². The number of pyridine rings is 1. The molecule has 1 aliphatic heterocycles. The summed E-state index contributed by atoms with van der Waals surface area (Å²) in [5, 5.41) is 5.51. The molecule has 1 aromatic heterocycles. The summed E-state index contributed by atoms with van der Waals surface area (Å²) in [5.74, 6) is -1.30. The van der Waals surface area contributed by atoms with Crippen molar-refractivity contribution in [2.45, 2.75) is 12.2 Å². The maximum absolute atomic E-state index is 13.1. The first-order valence-electron chi connectivity index (χ1n) is 8.72. The number of carbonyl (C=O) groups excluding carboxylic acids is 2. The predicted octanol–water partition coefficient (Wildman–Crippen LogP) is 2.43. The molecule has 156 valence electrons. The van der Waals surface area contributed by atoms with Crippen molar-refractivity contribution >= 4 is 24.2 Å². The zero-order chi connectivity index (χ0) is 20.1. The molecule has 0 radical (unpaired) electrons. The van der Waals surface area contributed by atoms with Gasteiger partial charge in [-0.2, -0.15) is 13.2 Å². The summed E-state index contributed by atoms with van der Waals surface area (Å²) in [4.78, 5) is 30.5. The van der Waals surface area contributed by atoms with Gasteiger partial charge in [-0.05, 0) is 23.8 Å². The van der Waals surface area contributed by atoms with Gasteiger partial charge in [-0.1, -0.05) is 18.2 Å². The molecule has 2 aromatic rings. The van der Waals surface area contributed by atoms with E-state index in [-0.39, 0.29) is 30.9 Å². The molecule has 1 unspecified atom stereocenters. The maximum Gasteiger partial charge on any atom is 0.417 e. The Balaban J connectivity index is 0.00000300. The smallest absolute Gasteiger partial charge is 0.343 e. The number of benzene rings is 1. The van der Waals surface area contributed by atoms with E-state index in [1.807, 2.05) is 6.07 Å². The lowest BCUT2D eigenvalue weighted by Crippen LogP contribution is -2.51. The van der Waals surface area contributed by atoms with Gasteiger partial charge in [0.2, 0.25) is 5.91 Å². The number of amides is 2. The zero-order valence-electron chi connectivity index (χ0n) is 15.3. The first kappa shape index (κ1) is 22.6. The van der Waals surface area contributed by atoms with Crippen LogP contribution < -0.4 is 10.6 Å². The van der Waals surface area contributed by atoms with Crippen molar-refractivity contribution in [2.24, 2.45) is 0 Å². The van der Waals surface area contributed by atoms with Crippen molar-refractivity contribution in [3.8, 4) is 0 Å². The molecule has 3 rings (SSSR count). The molecule has 1 saturated heterocycles. The van der Waals surface area contributed by atoms with Gasteiger partial charge in [0.15, 0.2) is 0 Å². The van der Waals surface area contributed by atoms with Crippen LogP contribution in [0.5, 0.6) is 0 Å². The van der Waals surface area contributed by atoms with Crippen LogP contribution >= 0.6 is 12.4 Å². The Morgan fingerprint density at radius 2 is 1.97 bits per heavy atom. The Hall–Kier alpha value is -2.65. The number of rotatable bonds is 4. The van der Waals surface area contributed by atoms with Crippen molar-refractivity contribution < 1.29 is 22.8 Å². The zero-order valence-corrected chi connectivity index (χ0v) is 16.1. The van der Waals surface area contributed by atoms with Gasteiger partial charge in [0, 0.05) is 32.0 Å². The second-order valence-electron chi connectivity index (χ2n) is 6.32. The fraction of sp³-hybridized carbons (Fsp3) is 0.316. The molecule has 0 aliphatic carbocycles. The molecule has 0 spiro atoms. The molecule has 0 bridgehead atoms. The third kappa shape index (κ3) is 5.45. The summed E-state index contributed by atoms with van der Waals surface area (Å²) in [6, 6.07) is 7.85. The highest BCUT2D eigenvalue weighted by Gasteiger charge is 2.35. The van der Waals surface area contributed by atoms with E-state index < -0.39 is 23.2 Å². The Bertz CT molecular complexity index is 849. The first-order chi connectivity index (χ1) is 13.4. The largest absolute Gasteiger partial charge is 0.417 e. The fourth-order valence-corrected chi connectivity index (χ4v) is 3.15. The number of halogens is 4. The normalized spacial score (nSPS) is 16.7. The minimum absolute atomic E-state index is 0. The van der Waals surface area contributed by atoms with E-state index in [1.54, 1.807) is 23.4 Å². The number of nitrogens with zero attached hydrogens (tertiary/aromatic N) is 2. The molecule has 2 heterocycles. The molecule has 6 nitrogen and oxygen atoms in total. The molecule has 1 atom stereocenters. The number of aromatic nitrogens is 1. The number of piperazine rings is 1. The second-order valence-corrected chi connectivity index (χ2v) is 6.32. The predicted molar refractivity (Wildman–Crippen MR) is 103 cm³/mol. The summed E-state index contributed by atoms with van der Waals surface area (Å²) in [5.41, 5.74) is -0.695. The van der Waals surface area contributed by atoms with Crippen molar-refractivity contribution in [2.75, 3.05) is 26.2 Å². The van der Waals surface area contributed by atoms with E-state index in [1.165, 1.54) is 12.1 Å². The first-order valence-corrected chi connectivity index (χ1v) is 8.72. The van der Waals surface area contributed by atoms with Crippen molar-refractivity contribution in [1.82, 2.24) is 20.5 Å². The fourth-order valence-electron chi connectivity index (χ4n) is 3.15. The summed E-state index contributed by atoms with van der Waals surface area (Å²) in [7, 11) is 0. The molecule has 1 fully saturated rings. The highest BCUT2D eigenvalue weighted by molar-refractivity contribution is 5.97. The summed E-state index contributed by atoms with van der Waals surface area (Å²) in [6.45, 7) is 1.16.